The van der Waals surface area contributed by atoms with E-state index in [1.54, 1.807) is 0 Å². The molecule has 1 aliphatic rings. The van der Waals surface area contributed by atoms with Gasteiger partial charge in [-0.15, -0.1) is 5.46 Å². The van der Waals surface area contributed by atoms with Gasteiger partial charge in [0.15, 0.2) is 11.6 Å². The van der Waals surface area contributed by atoms with Gasteiger partial charge in [0, 0.05) is 12.8 Å². The van der Waals surface area contributed by atoms with Gasteiger partial charge in [0.25, 0.3) is 0 Å². The van der Waals surface area contributed by atoms with E-state index in [4.69, 9.17) is 4.74 Å². The maximum Gasteiger partial charge on any atom is 0.509 e. The summed E-state index contributed by atoms with van der Waals surface area (Å²) in [5.41, 5.74) is -0.972. The average Bonchev–Trinajstić information content (AvgIpc) is 2.35. The molecule has 118 valence electrons. The molecule has 0 amide bonds. The van der Waals surface area contributed by atoms with Crippen molar-refractivity contribution in [2.24, 2.45) is 5.92 Å². The van der Waals surface area contributed by atoms with Gasteiger partial charge >= 0.3 is 6.98 Å². The third kappa shape index (κ3) is 4.31. The van der Waals surface area contributed by atoms with E-state index in [1.165, 1.54) is 0 Å². The summed E-state index contributed by atoms with van der Waals surface area (Å²) >= 11 is 0. The van der Waals surface area contributed by atoms with Gasteiger partial charge in [0.05, 0.1) is 6.61 Å². The van der Waals surface area contributed by atoms with Crippen LogP contribution in [0.2, 0.25) is 0 Å². The van der Waals surface area contributed by atoms with E-state index < -0.39 is 35.8 Å². The normalized spacial score (nSPS) is 22.1. The summed E-state index contributed by atoms with van der Waals surface area (Å²) in [7, 11) is 0. The summed E-state index contributed by atoms with van der Waals surface area (Å²) in [5.74, 6) is -4.72. The minimum atomic E-state index is -5.25. The van der Waals surface area contributed by atoms with Crippen molar-refractivity contribution in [3.05, 3.63) is 24.0 Å². The fourth-order valence-electron chi connectivity index (χ4n) is 2.46. The summed E-state index contributed by atoms with van der Waals surface area (Å²) < 4.78 is 82.6. The summed E-state index contributed by atoms with van der Waals surface area (Å²) in [6.07, 6.45) is 0.261. The van der Waals surface area contributed by atoms with Gasteiger partial charge in [-0.1, -0.05) is 6.07 Å². The molecule has 0 N–H and O–H groups in total. The molecule has 1 fully saturated rings. The molecule has 0 heterocycles. The number of hydrogen-bond donors (Lipinski definition) is 0. The first-order valence-electron chi connectivity index (χ1n) is 6.67. The van der Waals surface area contributed by atoms with Crippen LogP contribution in [0.3, 0.4) is 0 Å². The van der Waals surface area contributed by atoms with Gasteiger partial charge in [-0.2, -0.15) is 0 Å². The van der Waals surface area contributed by atoms with Crippen molar-refractivity contribution in [2.75, 3.05) is 6.61 Å². The number of halogens is 6. The second-order valence-corrected chi connectivity index (χ2v) is 5.39. The predicted octanol–water partition coefficient (Wildman–Crippen LogP) is 4.08. The third-order valence-corrected chi connectivity index (χ3v) is 3.55. The summed E-state index contributed by atoms with van der Waals surface area (Å²) in [6, 6.07) is 1.89. The van der Waals surface area contributed by atoms with Crippen LogP contribution in [0.25, 0.3) is 0 Å². The van der Waals surface area contributed by atoms with Crippen LogP contribution < -0.4 is 10.2 Å². The molecule has 0 radical (unpaired) electrons. The largest absolute Gasteiger partial charge is 0.509 e. The van der Waals surface area contributed by atoms with E-state index in [2.05, 4.69) is 0 Å². The molecule has 1 atom stereocenters. The van der Waals surface area contributed by atoms with Gasteiger partial charge in [0.1, 0.15) is 0 Å². The molecule has 0 bridgehead atoms. The van der Waals surface area contributed by atoms with Crippen LogP contribution in [-0.4, -0.2) is 19.5 Å². The standard InChI is InChI=1S/C13H14BF6O/c15-11-4-3-10(14(18,19)20)6-12(11)21-8-9-2-1-5-13(16,17)7-9/h3-4,6,9H,1-2,5,7-8H2/q-1. The second kappa shape index (κ2) is 5.81. The highest BCUT2D eigenvalue weighted by Gasteiger charge is 2.36. The number of alkyl halides is 2. The smallest absolute Gasteiger partial charge is 0.490 e. The molecule has 1 saturated carbocycles. The zero-order valence-corrected chi connectivity index (χ0v) is 11.1. The van der Waals surface area contributed by atoms with Gasteiger partial charge < -0.3 is 17.7 Å². The highest BCUT2D eigenvalue weighted by molar-refractivity contribution is 6.73. The van der Waals surface area contributed by atoms with E-state index in [0.717, 1.165) is 0 Å². The van der Waals surface area contributed by atoms with Crippen LogP contribution in [0.1, 0.15) is 25.7 Å². The monoisotopic (exact) mass is 311 g/mol. The summed E-state index contributed by atoms with van der Waals surface area (Å²) in [4.78, 5) is 0. The highest BCUT2D eigenvalue weighted by atomic mass is 19.4. The van der Waals surface area contributed by atoms with Crippen molar-refractivity contribution < 1.29 is 30.9 Å². The second-order valence-electron chi connectivity index (χ2n) is 5.39. The molecule has 0 aromatic heterocycles. The molecular weight excluding hydrogens is 297 g/mol. The van der Waals surface area contributed by atoms with Gasteiger partial charge in [-0.05, 0) is 30.9 Å². The van der Waals surface area contributed by atoms with E-state index in [0.29, 0.717) is 31.0 Å². The van der Waals surface area contributed by atoms with E-state index in [9.17, 15) is 26.1 Å². The number of ether oxygens (including phenoxy) is 1. The van der Waals surface area contributed by atoms with Crippen molar-refractivity contribution in [3.8, 4) is 5.75 Å². The molecule has 1 aromatic rings. The summed E-state index contributed by atoms with van der Waals surface area (Å²) in [6.45, 7) is -5.46. The van der Waals surface area contributed by atoms with Crippen molar-refractivity contribution in [2.45, 2.75) is 31.6 Å². The lowest BCUT2D eigenvalue weighted by Crippen LogP contribution is -2.34. The van der Waals surface area contributed by atoms with E-state index >= 15 is 0 Å². The van der Waals surface area contributed by atoms with Gasteiger partial charge in [0.2, 0.25) is 5.92 Å². The van der Waals surface area contributed by atoms with Crippen LogP contribution in [0.4, 0.5) is 26.1 Å². The predicted molar refractivity (Wildman–Crippen MR) is 67.5 cm³/mol. The lowest BCUT2D eigenvalue weighted by molar-refractivity contribution is -0.0586. The Balaban J connectivity index is 2.03. The van der Waals surface area contributed by atoms with E-state index in [1.807, 2.05) is 0 Å². The Bertz CT molecular complexity index is 502. The van der Waals surface area contributed by atoms with Crippen molar-refractivity contribution in [1.29, 1.82) is 0 Å². The zero-order chi connectivity index (χ0) is 15.7. The Morgan fingerprint density at radius 2 is 1.95 bits per heavy atom. The molecule has 1 aliphatic carbocycles. The molecule has 1 aromatic carbocycles. The van der Waals surface area contributed by atoms with Crippen molar-refractivity contribution >= 4 is 12.4 Å². The molecule has 0 saturated heterocycles. The van der Waals surface area contributed by atoms with Gasteiger partial charge in [-0.3, -0.25) is 0 Å². The van der Waals surface area contributed by atoms with E-state index in [-0.39, 0.29) is 19.4 Å². The number of hydrogen-bond acceptors (Lipinski definition) is 1. The minimum absolute atomic E-state index is 0.191. The van der Waals surface area contributed by atoms with Crippen LogP contribution in [0.15, 0.2) is 18.2 Å². The van der Waals surface area contributed by atoms with Crippen molar-refractivity contribution in [3.63, 3.8) is 0 Å². The lowest BCUT2D eigenvalue weighted by Gasteiger charge is -2.28. The van der Waals surface area contributed by atoms with Crippen LogP contribution >= 0.6 is 0 Å². The quantitative estimate of drug-likeness (QED) is 0.601. The number of rotatable bonds is 4. The zero-order valence-electron chi connectivity index (χ0n) is 11.1. The maximum absolute atomic E-state index is 13.4. The Morgan fingerprint density at radius 3 is 2.57 bits per heavy atom. The first-order valence-corrected chi connectivity index (χ1v) is 6.67. The fourth-order valence-corrected chi connectivity index (χ4v) is 2.46. The molecule has 8 heteroatoms. The molecule has 1 unspecified atom stereocenters. The van der Waals surface area contributed by atoms with Crippen LogP contribution in [0.5, 0.6) is 5.75 Å². The first-order chi connectivity index (χ1) is 9.67. The Kier molecular flexibility index (Phi) is 4.44. The number of benzene rings is 1. The Labute approximate surface area is 118 Å². The third-order valence-electron chi connectivity index (χ3n) is 3.55. The molecule has 2 rings (SSSR count). The van der Waals surface area contributed by atoms with Crippen LogP contribution in [-0.2, 0) is 0 Å². The van der Waals surface area contributed by atoms with Crippen molar-refractivity contribution in [1.82, 2.24) is 0 Å². The summed E-state index contributed by atoms with van der Waals surface area (Å²) in [5, 5.41) is 0. The van der Waals surface area contributed by atoms with Crippen LogP contribution in [0, 0.1) is 11.7 Å². The first kappa shape index (κ1) is 16.0. The molecular formula is C13H14BF6O-. The fraction of sp³-hybridized carbons (Fsp3) is 0.538. The Hall–Kier alpha value is -1.34. The molecule has 1 nitrogen and oxygen atoms in total. The molecule has 21 heavy (non-hydrogen) atoms. The van der Waals surface area contributed by atoms with Gasteiger partial charge in [-0.25, -0.2) is 13.2 Å². The highest BCUT2D eigenvalue weighted by Crippen LogP contribution is 2.36. The maximum atomic E-state index is 13.4. The average molecular weight is 311 g/mol. The molecule has 0 spiro atoms. The lowest BCUT2D eigenvalue weighted by atomic mass is 9.80. The minimum Gasteiger partial charge on any atom is -0.490 e. The SMILES string of the molecule is Fc1ccc([B-](F)(F)F)cc1OCC1CCCC(F)(F)C1. The topological polar surface area (TPSA) is 9.23 Å². The Morgan fingerprint density at radius 1 is 1.24 bits per heavy atom. The molecule has 0 aliphatic heterocycles.